The molecule has 1 saturated carbocycles. The zero-order valence-corrected chi connectivity index (χ0v) is 19.0. The highest BCUT2D eigenvalue weighted by Gasteiger charge is 2.25. The first-order chi connectivity index (χ1) is 15.5. The Labute approximate surface area is 188 Å². The van der Waals surface area contributed by atoms with E-state index in [9.17, 15) is 4.79 Å². The predicted octanol–water partition coefficient (Wildman–Crippen LogP) is 5.08. The predicted molar refractivity (Wildman–Crippen MR) is 122 cm³/mol. The number of Topliss-reactive ketones (excluding diaryl/α,β-unsaturated/α-hetero) is 1. The largest absolute Gasteiger partial charge is 0.461 e. The number of aromatic nitrogens is 3. The van der Waals surface area contributed by atoms with Crippen LogP contribution in [0.25, 0.3) is 11.0 Å². The zero-order valence-electron chi connectivity index (χ0n) is 19.0. The maximum absolute atomic E-state index is 11.2. The summed E-state index contributed by atoms with van der Waals surface area (Å²) in [5, 5.41) is 0. The number of benzene rings is 1. The standard InChI is InChI=1S/C25H31N3O4/c1-17(13-18(2)29)16-30-19-6-8-20(9-7-19)32-25-27-23-11-10-21(14-24(23)28(25)3)31-22-5-4-12-26-15-22/h4-5,10-12,14-15,17,19-20H,6-9,13,16H2,1-3H3/t17-,19?,20?/m1/s1. The Bertz CT molecular complexity index is 1040. The minimum absolute atomic E-state index is 0.131. The van der Waals surface area contributed by atoms with Gasteiger partial charge >= 0.3 is 0 Å². The Morgan fingerprint density at radius 2 is 1.94 bits per heavy atom. The SMILES string of the molecule is CC(=O)C[C@@H](C)COC1CCC(Oc2nc3ccc(Oc4cccnc4)cc3n2C)CC1. The number of nitrogens with zero attached hydrogens (tertiary/aromatic N) is 3. The van der Waals surface area contributed by atoms with Gasteiger partial charge in [-0.25, -0.2) is 0 Å². The molecule has 7 nitrogen and oxygen atoms in total. The summed E-state index contributed by atoms with van der Waals surface area (Å²) in [5.74, 6) is 1.92. The van der Waals surface area contributed by atoms with Crippen molar-refractivity contribution in [1.29, 1.82) is 0 Å². The topological polar surface area (TPSA) is 75.5 Å². The molecule has 0 N–H and O–H groups in total. The number of hydrogen-bond acceptors (Lipinski definition) is 6. The van der Waals surface area contributed by atoms with Gasteiger partial charge in [0.15, 0.2) is 0 Å². The minimum Gasteiger partial charge on any atom is -0.461 e. The molecule has 1 fully saturated rings. The molecule has 0 amide bonds. The first-order valence-electron chi connectivity index (χ1n) is 11.3. The van der Waals surface area contributed by atoms with Crippen LogP contribution in [0.5, 0.6) is 17.5 Å². The van der Waals surface area contributed by atoms with Gasteiger partial charge in [-0.2, -0.15) is 4.98 Å². The van der Waals surface area contributed by atoms with Crippen LogP contribution in [0.2, 0.25) is 0 Å². The van der Waals surface area contributed by atoms with Gasteiger partial charge in [-0.3, -0.25) is 9.55 Å². The molecule has 32 heavy (non-hydrogen) atoms. The molecule has 2 aromatic heterocycles. The van der Waals surface area contributed by atoms with Crippen LogP contribution in [0.3, 0.4) is 0 Å². The van der Waals surface area contributed by atoms with Crippen LogP contribution in [0.15, 0.2) is 42.7 Å². The molecular weight excluding hydrogens is 406 g/mol. The van der Waals surface area contributed by atoms with Crippen molar-refractivity contribution >= 4 is 16.8 Å². The second-order valence-electron chi connectivity index (χ2n) is 8.76. The van der Waals surface area contributed by atoms with E-state index in [0.29, 0.717) is 24.8 Å². The molecule has 1 aromatic carbocycles. The molecule has 170 valence electrons. The third-order valence-electron chi connectivity index (χ3n) is 5.83. The van der Waals surface area contributed by atoms with Crippen molar-refractivity contribution in [3.8, 4) is 17.5 Å². The van der Waals surface area contributed by atoms with Crippen LogP contribution in [-0.2, 0) is 16.6 Å². The third-order valence-corrected chi connectivity index (χ3v) is 5.83. The number of aryl methyl sites for hydroxylation is 1. The van der Waals surface area contributed by atoms with E-state index < -0.39 is 0 Å². The molecule has 0 unspecified atom stereocenters. The summed E-state index contributed by atoms with van der Waals surface area (Å²) in [4.78, 5) is 20.0. The molecule has 0 bridgehead atoms. The number of carbonyl (C=O) groups excluding carboxylic acids is 1. The molecule has 1 aliphatic carbocycles. The molecule has 1 atom stereocenters. The third kappa shape index (κ3) is 5.65. The van der Waals surface area contributed by atoms with Gasteiger partial charge in [0.2, 0.25) is 0 Å². The van der Waals surface area contributed by atoms with Gasteiger partial charge in [-0.1, -0.05) is 6.92 Å². The fraction of sp³-hybridized carbons (Fsp3) is 0.480. The summed E-state index contributed by atoms with van der Waals surface area (Å²) in [6.45, 7) is 4.34. The molecular formula is C25H31N3O4. The molecule has 2 heterocycles. The lowest BCUT2D eigenvalue weighted by molar-refractivity contribution is -0.118. The number of rotatable bonds is 9. The van der Waals surface area contributed by atoms with Crippen molar-refractivity contribution in [3.63, 3.8) is 0 Å². The van der Waals surface area contributed by atoms with E-state index in [1.807, 2.05) is 41.9 Å². The average molecular weight is 438 g/mol. The van der Waals surface area contributed by atoms with Crippen molar-refractivity contribution in [1.82, 2.24) is 14.5 Å². The number of pyridine rings is 1. The average Bonchev–Trinajstić information content (AvgIpc) is 3.08. The van der Waals surface area contributed by atoms with Gasteiger partial charge in [-0.05, 0) is 62.8 Å². The molecule has 3 aromatic rings. The second-order valence-corrected chi connectivity index (χ2v) is 8.76. The summed E-state index contributed by atoms with van der Waals surface area (Å²) in [6, 6.07) is 10.2. The van der Waals surface area contributed by atoms with Crippen molar-refractivity contribution in [2.24, 2.45) is 13.0 Å². The van der Waals surface area contributed by atoms with E-state index in [1.165, 1.54) is 0 Å². The smallest absolute Gasteiger partial charge is 0.297 e. The van der Waals surface area contributed by atoms with E-state index in [0.717, 1.165) is 42.5 Å². The highest BCUT2D eigenvalue weighted by atomic mass is 16.5. The number of fused-ring (bicyclic) bond motifs is 1. The number of imidazole rings is 1. The van der Waals surface area contributed by atoms with E-state index in [-0.39, 0.29) is 23.9 Å². The molecule has 0 aliphatic heterocycles. The Kier molecular flexibility index (Phi) is 7.05. The highest BCUT2D eigenvalue weighted by Crippen LogP contribution is 2.30. The van der Waals surface area contributed by atoms with Crippen LogP contribution in [0.4, 0.5) is 0 Å². The maximum Gasteiger partial charge on any atom is 0.297 e. The fourth-order valence-electron chi connectivity index (χ4n) is 4.18. The number of ether oxygens (including phenoxy) is 3. The Morgan fingerprint density at radius 3 is 2.66 bits per heavy atom. The molecule has 7 heteroatoms. The molecule has 0 spiro atoms. The van der Waals surface area contributed by atoms with Crippen LogP contribution in [0, 0.1) is 5.92 Å². The van der Waals surface area contributed by atoms with Gasteiger partial charge < -0.3 is 19.0 Å². The minimum atomic E-state index is 0.131. The molecule has 1 aliphatic rings. The number of hydrogen-bond donors (Lipinski definition) is 0. The molecule has 4 rings (SSSR count). The first-order valence-corrected chi connectivity index (χ1v) is 11.3. The normalized spacial score (nSPS) is 19.6. The van der Waals surface area contributed by atoms with Crippen LogP contribution in [-0.4, -0.2) is 39.1 Å². The fourth-order valence-corrected chi connectivity index (χ4v) is 4.18. The van der Waals surface area contributed by atoms with Gasteiger partial charge in [0.25, 0.3) is 6.01 Å². The Hall–Kier alpha value is -2.93. The lowest BCUT2D eigenvalue weighted by Gasteiger charge is -2.29. The lowest BCUT2D eigenvalue weighted by Crippen LogP contribution is -2.30. The van der Waals surface area contributed by atoms with Crippen LogP contribution >= 0.6 is 0 Å². The number of carbonyl (C=O) groups is 1. The van der Waals surface area contributed by atoms with Crippen molar-refractivity contribution in [3.05, 3.63) is 42.7 Å². The summed E-state index contributed by atoms with van der Waals surface area (Å²) in [7, 11) is 1.96. The Morgan fingerprint density at radius 1 is 1.16 bits per heavy atom. The van der Waals surface area contributed by atoms with E-state index in [1.54, 1.807) is 19.3 Å². The lowest BCUT2D eigenvalue weighted by atomic mass is 9.95. The first kappa shape index (κ1) is 22.3. The summed E-state index contributed by atoms with van der Waals surface area (Å²) in [5.41, 5.74) is 1.83. The Balaban J connectivity index is 1.33. The van der Waals surface area contributed by atoms with Crippen molar-refractivity contribution < 1.29 is 19.0 Å². The van der Waals surface area contributed by atoms with Crippen LogP contribution < -0.4 is 9.47 Å². The quantitative estimate of drug-likeness (QED) is 0.465. The zero-order chi connectivity index (χ0) is 22.5. The summed E-state index contributed by atoms with van der Waals surface area (Å²) < 4.78 is 20.2. The van der Waals surface area contributed by atoms with Crippen molar-refractivity contribution in [2.75, 3.05) is 6.61 Å². The van der Waals surface area contributed by atoms with Crippen molar-refractivity contribution in [2.45, 2.75) is 58.2 Å². The number of ketones is 1. The monoisotopic (exact) mass is 437 g/mol. The van der Waals surface area contributed by atoms with E-state index in [2.05, 4.69) is 16.9 Å². The molecule has 0 radical (unpaired) electrons. The van der Waals surface area contributed by atoms with E-state index in [4.69, 9.17) is 14.2 Å². The van der Waals surface area contributed by atoms with Gasteiger partial charge in [-0.15, -0.1) is 0 Å². The summed E-state index contributed by atoms with van der Waals surface area (Å²) >= 11 is 0. The molecule has 0 saturated heterocycles. The highest BCUT2D eigenvalue weighted by molar-refractivity contribution is 5.78. The van der Waals surface area contributed by atoms with Gasteiger partial charge in [0.1, 0.15) is 23.4 Å². The van der Waals surface area contributed by atoms with Crippen LogP contribution in [0.1, 0.15) is 46.0 Å². The summed E-state index contributed by atoms with van der Waals surface area (Å²) in [6.07, 6.45) is 8.16. The van der Waals surface area contributed by atoms with Gasteiger partial charge in [0.05, 0.1) is 23.3 Å². The maximum atomic E-state index is 11.2. The van der Waals surface area contributed by atoms with Gasteiger partial charge in [0, 0.05) is 32.3 Å². The second kappa shape index (κ2) is 10.1. The van der Waals surface area contributed by atoms with E-state index >= 15 is 0 Å².